The molecule has 0 bridgehead atoms. The number of carbonyl (C=O) groups is 1. The van der Waals surface area contributed by atoms with Gasteiger partial charge in [0, 0.05) is 0 Å². The fourth-order valence-electron chi connectivity index (χ4n) is 2.30. The minimum Gasteiger partial charge on any atom is -0.485 e. The average Bonchev–Trinajstić information content (AvgIpc) is 2.95. The first-order valence-corrected chi connectivity index (χ1v) is 7.01. The molecule has 0 saturated carbocycles. The Kier molecular flexibility index (Phi) is 3.69. The highest BCUT2D eigenvalue weighted by atomic mass is 35.5. The van der Waals surface area contributed by atoms with Crippen LogP contribution in [0.3, 0.4) is 0 Å². The van der Waals surface area contributed by atoms with E-state index in [0.717, 1.165) is 0 Å². The Balaban J connectivity index is 1.87. The summed E-state index contributed by atoms with van der Waals surface area (Å²) in [6.45, 7) is 2.29. The molecule has 0 N–H and O–H groups in total. The Morgan fingerprint density at radius 3 is 3.14 bits per heavy atom. The van der Waals surface area contributed by atoms with E-state index in [-0.39, 0.29) is 24.4 Å². The minimum absolute atomic E-state index is 0.00659. The number of nitriles is 1. The van der Waals surface area contributed by atoms with Crippen LogP contribution in [0, 0.1) is 11.3 Å². The number of anilines is 1. The van der Waals surface area contributed by atoms with Gasteiger partial charge in [0.25, 0.3) is 5.82 Å². The van der Waals surface area contributed by atoms with E-state index in [0.29, 0.717) is 23.0 Å². The van der Waals surface area contributed by atoms with Crippen LogP contribution < -0.4 is 9.64 Å². The number of benzene rings is 1. The van der Waals surface area contributed by atoms with Crippen molar-refractivity contribution in [1.82, 2.24) is 14.8 Å². The molecule has 1 amide bonds. The van der Waals surface area contributed by atoms with Gasteiger partial charge in [-0.1, -0.05) is 17.7 Å². The van der Waals surface area contributed by atoms with E-state index < -0.39 is 0 Å². The Morgan fingerprint density at radius 2 is 2.41 bits per heavy atom. The molecule has 2 aromatic rings. The number of para-hydroxylation sites is 1. The predicted molar refractivity (Wildman–Crippen MR) is 78.6 cm³/mol. The quantitative estimate of drug-likeness (QED) is 0.840. The molecular weight excluding hydrogens is 306 g/mol. The van der Waals surface area contributed by atoms with Gasteiger partial charge < -0.3 is 9.64 Å². The molecule has 1 unspecified atom stereocenters. The lowest BCUT2D eigenvalue weighted by Crippen LogP contribution is -2.43. The first kappa shape index (κ1) is 14.4. The number of rotatable bonds is 2. The third-order valence-corrected chi connectivity index (χ3v) is 3.53. The number of ether oxygens (including phenoxy) is 1. The summed E-state index contributed by atoms with van der Waals surface area (Å²) in [5.41, 5.74) is 0.635. The summed E-state index contributed by atoms with van der Waals surface area (Å²) in [6, 6.07) is 7.10. The molecular formula is C14H12ClN5O2. The van der Waals surface area contributed by atoms with Gasteiger partial charge in [-0.2, -0.15) is 5.26 Å². The SMILES string of the molecule is CC1CN(C(=O)Cn2cnc(C#N)n2)c2cccc(Cl)c2O1. The number of hydrogen-bond acceptors (Lipinski definition) is 5. The summed E-state index contributed by atoms with van der Waals surface area (Å²) in [6.07, 6.45) is 1.20. The van der Waals surface area contributed by atoms with Gasteiger partial charge in [0.15, 0.2) is 5.75 Å². The molecule has 112 valence electrons. The number of carbonyl (C=O) groups excluding carboxylic acids is 1. The maximum absolute atomic E-state index is 12.5. The molecule has 3 rings (SSSR count). The summed E-state index contributed by atoms with van der Waals surface area (Å²) in [7, 11) is 0. The largest absolute Gasteiger partial charge is 0.485 e. The molecule has 1 aliphatic heterocycles. The van der Waals surface area contributed by atoms with E-state index in [9.17, 15) is 4.79 Å². The fraction of sp³-hybridized carbons (Fsp3) is 0.286. The molecule has 1 aromatic heterocycles. The second kappa shape index (κ2) is 5.66. The Bertz CT molecular complexity index is 767. The smallest absolute Gasteiger partial charge is 0.252 e. The maximum Gasteiger partial charge on any atom is 0.252 e. The highest BCUT2D eigenvalue weighted by molar-refractivity contribution is 6.32. The molecule has 0 spiro atoms. The van der Waals surface area contributed by atoms with Gasteiger partial charge in [-0.05, 0) is 19.1 Å². The zero-order valence-corrected chi connectivity index (χ0v) is 12.5. The van der Waals surface area contributed by atoms with Crippen LogP contribution in [0.1, 0.15) is 12.7 Å². The number of halogens is 1. The number of fused-ring (bicyclic) bond motifs is 1. The number of nitrogens with zero attached hydrogens (tertiary/aromatic N) is 5. The fourth-order valence-corrected chi connectivity index (χ4v) is 2.52. The van der Waals surface area contributed by atoms with Crippen LogP contribution in [0.25, 0.3) is 0 Å². The van der Waals surface area contributed by atoms with Crippen molar-refractivity contribution in [1.29, 1.82) is 5.26 Å². The van der Waals surface area contributed by atoms with E-state index in [2.05, 4.69) is 10.1 Å². The lowest BCUT2D eigenvalue weighted by atomic mass is 10.2. The second-order valence-electron chi connectivity index (χ2n) is 4.90. The zero-order valence-electron chi connectivity index (χ0n) is 11.7. The Hall–Kier alpha value is -2.59. The van der Waals surface area contributed by atoms with Gasteiger partial charge in [-0.15, -0.1) is 5.10 Å². The molecule has 1 aromatic carbocycles. The molecule has 1 atom stereocenters. The normalized spacial score (nSPS) is 16.6. The standard InChI is InChI=1S/C14H12ClN5O2/c1-9-6-20(11-4-2-3-10(15)14(11)22-9)13(21)7-19-8-17-12(5-16)18-19/h2-4,8-9H,6-7H2,1H3. The van der Waals surface area contributed by atoms with E-state index in [1.54, 1.807) is 23.1 Å². The van der Waals surface area contributed by atoms with Crippen LogP contribution in [0.5, 0.6) is 5.75 Å². The van der Waals surface area contributed by atoms with Gasteiger partial charge in [0.2, 0.25) is 5.91 Å². The Labute approximate surface area is 131 Å². The summed E-state index contributed by atoms with van der Waals surface area (Å²) in [4.78, 5) is 17.9. The lowest BCUT2D eigenvalue weighted by molar-refractivity contribution is -0.119. The van der Waals surface area contributed by atoms with Crippen molar-refractivity contribution in [2.75, 3.05) is 11.4 Å². The monoisotopic (exact) mass is 317 g/mol. The van der Waals surface area contributed by atoms with Crippen LogP contribution in [0.15, 0.2) is 24.5 Å². The summed E-state index contributed by atoms with van der Waals surface area (Å²) in [5.74, 6) is 0.368. The molecule has 7 nitrogen and oxygen atoms in total. The number of hydrogen-bond donors (Lipinski definition) is 0. The van der Waals surface area contributed by atoms with Gasteiger partial charge in [0.1, 0.15) is 25.0 Å². The van der Waals surface area contributed by atoms with Crippen molar-refractivity contribution in [3.63, 3.8) is 0 Å². The molecule has 0 fully saturated rings. The van der Waals surface area contributed by atoms with Crippen LogP contribution in [0.2, 0.25) is 5.02 Å². The molecule has 0 aliphatic carbocycles. The van der Waals surface area contributed by atoms with Crippen LogP contribution in [-0.4, -0.2) is 33.3 Å². The van der Waals surface area contributed by atoms with Crippen LogP contribution >= 0.6 is 11.6 Å². The van der Waals surface area contributed by atoms with Crippen LogP contribution in [0.4, 0.5) is 5.69 Å². The van der Waals surface area contributed by atoms with Crippen molar-refractivity contribution in [2.24, 2.45) is 0 Å². The zero-order chi connectivity index (χ0) is 15.7. The molecule has 1 aliphatic rings. The molecule has 0 radical (unpaired) electrons. The van der Waals surface area contributed by atoms with Crippen molar-refractivity contribution in [3.05, 3.63) is 35.4 Å². The Morgan fingerprint density at radius 1 is 1.59 bits per heavy atom. The first-order valence-electron chi connectivity index (χ1n) is 6.63. The third kappa shape index (κ3) is 2.61. The molecule has 22 heavy (non-hydrogen) atoms. The summed E-state index contributed by atoms with van der Waals surface area (Å²) < 4.78 is 7.05. The molecule has 0 saturated heterocycles. The van der Waals surface area contributed by atoms with E-state index in [1.807, 2.05) is 13.0 Å². The van der Waals surface area contributed by atoms with E-state index >= 15 is 0 Å². The molecule has 8 heteroatoms. The average molecular weight is 318 g/mol. The first-order chi connectivity index (χ1) is 10.6. The van der Waals surface area contributed by atoms with E-state index in [4.69, 9.17) is 21.6 Å². The maximum atomic E-state index is 12.5. The van der Waals surface area contributed by atoms with Gasteiger partial charge >= 0.3 is 0 Å². The minimum atomic E-state index is -0.173. The number of amides is 1. The van der Waals surface area contributed by atoms with Crippen molar-refractivity contribution < 1.29 is 9.53 Å². The van der Waals surface area contributed by atoms with Crippen LogP contribution in [-0.2, 0) is 11.3 Å². The lowest BCUT2D eigenvalue weighted by Gasteiger charge is -2.33. The van der Waals surface area contributed by atoms with Gasteiger partial charge in [0.05, 0.1) is 17.3 Å². The second-order valence-corrected chi connectivity index (χ2v) is 5.31. The summed E-state index contributed by atoms with van der Waals surface area (Å²) in [5, 5.41) is 13.1. The van der Waals surface area contributed by atoms with Crippen molar-refractivity contribution in [3.8, 4) is 11.8 Å². The van der Waals surface area contributed by atoms with E-state index in [1.165, 1.54) is 11.0 Å². The van der Waals surface area contributed by atoms with Crippen molar-refractivity contribution >= 4 is 23.2 Å². The highest BCUT2D eigenvalue weighted by Crippen LogP contribution is 2.39. The van der Waals surface area contributed by atoms with Crippen molar-refractivity contribution in [2.45, 2.75) is 19.6 Å². The van der Waals surface area contributed by atoms with Gasteiger partial charge in [-0.25, -0.2) is 9.67 Å². The third-order valence-electron chi connectivity index (χ3n) is 3.23. The molecule has 2 heterocycles. The highest BCUT2D eigenvalue weighted by Gasteiger charge is 2.29. The van der Waals surface area contributed by atoms with Gasteiger partial charge in [-0.3, -0.25) is 4.79 Å². The number of aromatic nitrogens is 3. The summed E-state index contributed by atoms with van der Waals surface area (Å²) >= 11 is 6.13. The topological polar surface area (TPSA) is 84.0 Å². The predicted octanol–water partition coefficient (Wildman–Crippen LogP) is 1.62.